The molecule has 1 heterocycles. The van der Waals surface area contributed by atoms with Gasteiger partial charge in [-0.15, -0.1) is 0 Å². The molecule has 4 aliphatic carbocycles. The lowest BCUT2D eigenvalue weighted by Crippen LogP contribution is -2.46. The Balaban J connectivity index is 1.37. The minimum absolute atomic E-state index is 0.295. The van der Waals surface area contributed by atoms with Crippen molar-refractivity contribution in [2.24, 2.45) is 23.2 Å². The summed E-state index contributed by atoms with van der Waals surface area (Å²) in [6, 6.07) is 5.69. The van der Waals surface area contributed by atoms with Gasteiger partial charge in [-0.2, -0.15) is 0 Å². The van der Waals surface area contributed by atoms with Crippen LogP contribution < -0.4 is 9.47 Å². The van der Waals surface area contributed by atoms with Crippen molar-refractivity contribution in [1.29, 1.82) is 0 Å². The number of ether oxygens (including phenoxy) is 2. The van der Waals surface area contributed by atoms with E-state index in [0.29, 0.717) is 24.4 Å². The van der Waals surface area contributed by atoms with Crippen LogP contribution in [0.1, 0.15) is 55.3 Å². The predicted molar refractivity (Wildman–Crippen MR) is 87.0 cm³/mol. The molecule has 0 spiro atoms. The van der Waals surface area contributed by atoms with Gasteiger partial charge < -0.3 is 9.47 Å². The average Bonchev–Trinajstić information content (AvgIpc) is 2.52. The molecule has 0 atom stereocenters. The van der Waals surface area contributed by atoms with Gasteiger partial charge in [0.25, 0.3) is 0 Å². The summed E-state index contributed by atoms with van der Waals surface area (Å²) in [6.45, 7) is 1.16. The van der Waals surface area contributed by atoms with Gasteiger partial charge in [-0.05, 0) is 79.9 Å². The SMILES string of the molecule is O=C(CC12CC3CC(CC(C3)C1)C2)c1ccc2c(c1)OCCO2. The van der Waals surface area contributed by atoms with Crippen molar-refractivity contribution in [1.82, 2.24) is 0 Å². The zero-order valence-electron chi connectivity index (χ0n) is 13.6. The lowest BCUT2D eigenvalue weighted by atomic mass is 9.48. The zero-order valence-corrected chi connectivity index (χ0v) is 13.6. The second-order valence-electron chi connectivity index (χ2n) is 8.38. The Kier molecular flexibility index (Phi) is 3.01. The van der Waals surface area contributed by atoms with Crippen molar-refractivity contribution < 1.29 is 14.3 Å². The molecular formula is C20H24O3. The lowest BCUT2D eigenvalue weighted by Gasteiger charge is -2.56. The van der Waals surface area contributed by atoms with Crippen molar-refractivity contribution in [3.05, 3.63) is 23.8 Å². The minimum atomic E-state index is 0.295. The van der Waals surface area contributed by atoms with Gasteiger partial charge in [0.2, 0.25) is 0 Å². The first-order valence-electron chi connectivity index (χ1n) is 9.12. The molecule has 4 fully saturated rings. The van der Waals surface area contributed by atoms with Gasteiger partial charge in [0.1, 0.15) is 13.2 Å². The molecule has 5 aliphatic rings. The van der Waals surface area contributed by atoms with Gasteiger partial charge in [0.05, 0.1) is 0 Å². The van der Waals surface area contributed by atoms with Crippen LogP contribution in [0.4, 0.5) is 0 Å². The maximum Gasteiger partial charge on any atom is 0.163 e. The summed E-state index contributed by atoms with van der Waals surface area (Å²) in [5.41, 5.74) is 1.10. The van der Waals surface area contributed by atoms with E-state index in [2.05, 4.69) is 0 Å². The van der Waals surface area contributed by atoms with Crippen LogP contribution >= 0.6 is 0 Å². The Hall–Kier alpha value is -1.51. The molecule has 0 radical (unpaired) electrons. The molecular weight excluding hydrogens is 288 g/mol. The van der Waals surface area contributed by atoms with E-state index < -0.39 is 0 Å². The predicted octanol–water partition coefficient (Wildman–Crippen LogP) is 4.25. The fourth-order valence-electron chi connectivity index (χ4n) is 6.17. The molecule has 6 rings (SSSR count). The molecule has 1 aromatic carbocycles. The first-order valence-corrected chi connectivity index (χ1v) is 9.12. The highest BCUT2D eigenvalue weighted by Gasteiger charge is 2.51. The first kappa shape index (κ1) is 13.9. The number of hydrogen-bond acceptors (Lipinski definition) is 3. The molecule has 0 unspecified atom stereocenters. The largest absolute Gasteiger partial charge is 0.486 e. The van der Waals surface area contributed by atoms with E-state index in [1.807, 2.05) is 18.2 Å². The van der Waals surface area contributed by atoms with E-state index in [0.717, 1.165) is 41.2 Å². The zero-order chi connectivity index (χ0) is 15.4. The normalized spacial score (nSPS) is 37.0. The summed E-state index contributed by atoms with van der Waals surface area (Å²) < 4.78 is 11.2. The fraction of sp³-hybridized carbons (Fsp3) is 0.650. The highest BCUT2D eigenvalue weighted by molar-refractivity contribution is 5.97. The number of benzene rings is 1. The molecule has 3 nitrogen and oxygen atoms in total. The molecule has 1 aromatic rings. The van der Waals surface area contributed by atoms with Gasteiger partial charge in [-0.3, -0.25) is 4.79 Å². The molecule has 0 aromatic heterocycles. The van der Waals surface area contributed by atoms with Crippen LogP contribution in [0.3, 0.4) is 0 Å². The maximum atomic E-state index is 12.9. The van der Waals surface area contributed by atoms with Crippen molar-refractivity contribution in [3.63, 3.8) is 0 Å². The summed E-state index contributed by atoms with van der Waals surface area (Å²) in [4.78, 5) is 12.9. The third kappa shape index (κ3) is 2.36. The molecule has 0 N–H and O–H groups in total. The van der Waals surface area contributed by atoms with Crippen LogP contribution in [0, 0.1) is 23.2 Å². The van der Waals surface area contributed by atoms with Crippen molar-refractivity contribution in [2.45, 2.75) is 44.9 Å². The van der Waals surface area contributed by atoms with E-state index in [1.165, 1.54) is 38.5 Å². The smallest absolute Gasteiger partial charge is 0.163 e. The Bertz CT molecular complexity index is 613. The maximum absolute atomic E-state index is 12.9. The van der Waals surface area contributed by atoms with E-state index in [-0.39, 0.29) is 0 Å². The summed E-state index contributed by atoms with van der Waals surface area (Å²) in [7, 11) is 0. The molecule has 0 saturated heterocycles. The Labute approximate surface area is 137 Å². The van der Waals surface area contributed by atoms with Crippen LogP contribution in [0.5, 0.6) is 11.5 Å². The van der Waals surface area contributed by atoms with Crippen molar-refractivity contribution in [2.75, 3.05) is 13.2 Å². The fourth-order valence-corrected chi connectivity index (χ4v) is 6.17. The van der Waals surface area contributed by atoms with Crippen molar-refractivity contribution in [3.8, 4) is 11.5 Å². The molecule has 4 saturated carbocycles. The third-order valence-electron chi connectivity index (χ3n) is 6.56. The van der Waals surface area contributed by atoms with Gasteiger partial charge in [0.15, 0.2) is 17.3 Å². The number of rotatable bonds is 3. The highest BCUT2D eigenvalue weighted by atomic mass is 16.6. The Morgan fingerprint density at radius 1 is 0.957 bits per heavy atom. The molecule has 122 valence electrons. The van der Waals surface area contributed by atoms with Crippen LogP contribution in [-0.4, -0.2) is 19.0 Å². The number of hydrogen-bond donors (Lipinski definition) is 0. The summed E-state index contributed by atoms with van der Waals surface area (Å²) in [5, 5.41) is 0. The molecule has 4 bridgehead atoms. The average molecular weight is 312 g/mol. The monoisotopic (exact) mass is 312 g/mol. The minimum Gasteiger partial charge on any atom is -0.486 e. The number of Topliss-reactive ketones (excluding diaryl/α,β-unsaturated/α-hetero) is 1. The van der Waals surface area contributed by atoms with E-state index in [9.17, 15) is 4.79 Å². The third-order valence-corrected chi connectivity index (χ3v) is 6.56. The second-order valence-corrected chi connectivity index (χ2v) is 8.38. The molecule has 23 heavy (non-hydrogen) atoms. The molecule has 3 heteroatoms. The first-order chi connectivity index (χ1) is 11.2. The topological polar surface area (TPSA) is 35.5 Å². The van der Waals surface area contributed by atoms with Gasteiger partial charge >= 0.3 is 0 Å². The van der Waals surface area contributed by atoms with Crippen molar-refractivity contribution >= 4 is 5.78 Å². The summed E-state index contributed by atoms with van der Waals surface area (Å²) in [5.74, 6) is 4.48. The summed E-state index contributed by atoms with van der Waals surface area (Å²) in [6.07, 6.45) is 8.88. The van der Waals surface area contributed by atoms with Crippen LogP contribution in [0.2, 0.25) is 0 Å². The van der Waals surface area contributed by atoms with Gasteiger partial charge in [-0.25, -0.2) is 0 Å². The summed E-state index contributed by atoms with van der Waals surface area (Å²) >= 11 is 0. The Morgan fingerprint density at radius 3 is 2.22 bits per heavy atom. The number of carbonyl (C=O) groups is 1. The number of carbonyl (C=O) groups excluding carboxylic acids is 1. The van der Waals surface area contributed by atoms with E-state index in [1.54, 1.807) is 0 Å². The lowest BCUT2D eigenvalue weighted by molar-refractivity contribution is -0.0524. The number of ketones is 1. The van der Waals surface area contributed by atoms with E-state index in [4.69, 9.17) is 9.47 Å². The van der Waals surface area contributed by atoms with Gasteiger partial charge in [0, 0.05) is 12.0 Å². The molecule has 0 amide bonds. The van der Waals surface area contributed by atoms with Crippen LogP contribution in [0.25, 0.3) is 0 Å². The van der Waals surface area contributed by atoms with E-state index >= 15 is 0 Å². The Morgan fingerprint density at radius 2 is 1.57 bits per heavy atom. The highest BCUT2D eigenvalue weighted by Crippen LogP contribution is 2.61. The molecule has 1 aliphatic heterocycles. The van der Waals surface area contributed by atoms with Crippen LogP contribution in [0.15, 0.2) is 18.2 Å². The number of fused-ring (bicyclic) bond motifs is 1. The standard InChI is InChI=1S/C20H24O3/c21-17(16-1-2-18-19(8-16)23-4-3-22-18)12-20-9-13-5-14(10-20)7-15(6-13)11-20/h1-2,8,13-15H,3-7,9-12H2. The second kappa shape index (κ2) is 4.99. The van der Waals surface area contributed by atoms with Crippen LogP contribution in [-0.2, 0) is 0 Å². The van der Waals surface area contributed by atoms with Gasteiger partial charge in [-0.1, -0.05) is 0 Å². The quantitative estimate of drug-likeness (QED) is 0.783.